The second kappa shape index (κ2) is 6.02. The minimum atomic E-state index is -0.905. The van der Waals surface area contributed by atoms with Gasteiger partial charge in [0.15, 0.2) is 0 Å². The van der Waals surface area contributed by atoms with Gasteiger partial charge in [0.2, 0.25) is 0 Å². The van der Waals surface area contributed by atoms with Crippen LogP contribution in [0.25, 0.3) is 0 Å². The molecule has 5 heteroatoms. The van der Waals surface area contributed by atoms with Crippen LogP contribution in [0.1, 0.15) is 41.7 Å². The fraction of sp³-hybridized carbons (Fsp3) is 0.625. The first kappa shape index (κ1) is 14.3. The lowest BCUT2D eigenvalue weighted by Gasteiger charge is -2.38. The second-order valence-corrected chi connectivity index (χ2v) is 6.07. The van der Waals surface area contributed by atoms with Gasteiger partial charge in [0.1, 0.15) is 5.82 Å². The van der Waals surface area contributed by atoms with Gasteiger partial charge >= 0.3 is 5.97 Å². The number of pyridine rings is 1. The number of aryl methyl sites for hydroxylation is 1. The quantitative estimate of drug-likeness (QED) is 0.924. The van der Waals surface area contributed by atoms with Gasteiger partial charge in [-0.1, -0.05) is 12.8 Å². The lowest BCUT2D eigenvalue weighted by atomic mass is 10.1. The molecule has 0 spiro atoms. The highest BCUT2D eigenvalue weighted by Gasteiger charge is 2.26. The highest BCUT2D eigenvalue weighted by atomic mass is 16.4. The maximum Gasteiger partial charge on any atom is 0.337 e. The molecule has 0 radical (unpaired) electrons. The highest BCUT2D eigenvalue weighted by Crippen LogP contribution is 2.25. The molecule has 5 nitrogen and oxygen atoms in total. The van der Waals surface area contributed by atoms with Crippen LogP contribution in [0.2, 0.25) is 0 Å². The average molecular weight is 289 g/mol. The predicted octanol–water partition coefficient (Wildman–Crippen LogP) is 2.15. The third kappa shape index (κ3) is 3.02. The van der Waals surface area contributed by atoms with E-state index in [-0.39, 0.29) is 0 Å². The molecule has 0 aromatic carbocycles. The zero-order valence-electron chi connectivity index (χ0n) is 12.6. The molecule has 1 aromatic rings. The van der Waals surface area contributed by atoms with E-state index in [2.05, 4.69) is 14.8 Å². The summed E-state index contributed by atoms with van der Waals surface area (Å²) in [6, 6.07) is 4.29. The first-order chi connectivity index (χ1) is 10.1. The fourth-order valence-corrected chi connectivity index (χ4v) is 3.54. The van der Waals surface area contributed by atoms with Gasteiger partial charge in [0, 0.05) is 32.2 Å². The number of piperazine rings is 1. The molecule has 0 unspecified atom stereocenters. The number of hydrogen-bond acceptors (Lipinski definition) is 4. The Labute approximate surface area is 125 Å². The van der Waals surface area contributed by atoms with Gasteiger partial charge in [0.05, 0.1) is 11.3 Å². The molecule has 1 N–H and O–H groups in total. The molecule has 0 atom stereocenters. The van der Waals surface area contributed by atoms with Gasteiger partial charge in [-0.05, 0) is 31.9 Å². The Bertz CT molecular complexity index is 518. The Balaban J connectivity index is 1.64. The molecule has 1 saturated heterocycles. The van der Waals surface area contributed by atoms with E-state index in [9.17, 15) is 4.79 Å². The Kier molecular flexibility index (Phi) is 4.10. The lowest BCUT2D eigenvalue weighted by Crippen LogP contribution is -2.50. The van der Waals surface area contributed by atoms with Gasteiger partial charge < -0.3 is 10.0 Å². The number of aromatic carboxylic acids is 1. The SMILES string of the molecule is Cc1nc(N2CCN(C3CCCC3)CC2)ccc1C(=O)O. The summed E-state index contributed by atoms with van der Waals surface area (Å²) in [4.78, 5) is 20.4. The maximum atomic E-state index is 11.0. The molecule has 1 aliphatic heterocycles. The standard InChI is InChI=1S/C16H23N3O2/c1-12-14(16(20)21)6-7-15(17-12)19-10-8-18(9-11-19)13-4-2-3-5-13/h6-7,13H,2-5,8-11H2,1H3,(H,20,21). The Morgan fingerprint density at radius 2 is 1.86 bits per heavy atom. The van der Waals surface area contributed by atoms with Crippen LogP contribution < -0.4 is 4.90 Å². The van der Waals surface area contributed by atoms with E-state index >= 15 is 0 Å². The minimum absolute atomic E-state index is 0.295. The predicted molar refractivity (Wildman–Crippen MR) is 82.0 cm³/mol. The smallest absolute Gasteiger partial charge is 0.337 e. The van der Waals surface area contributed by atoms with Gasteiger partial charge in [-0.3, -0.25) is 4.90 Å². The zero-order valence-corrected chi connectivity index (χ0v) is 12.6. The molecular weight excluding hydrogens is 266 g/mol. The molecule has 2 heterocycles. The van der Waals surface area contributed by atoms with E-state index in [1.165, 1.54) is 25.7 Å². The second-order valence-electron chi connectivity index (χ2n) is 6.07. The van der Waals surface area contributed by atoms with E-state index in [4.69, 9.17) is 5.11 Å². The molecule has 114 valence electrons. The molecule has 0 amide bonds. The van der Waals surface area contributed by atoms with Crippen LogP contribution in [0, 0.1) is 6.92 Å². The summed E-state index contributed by atoms with van der Waals surface area (Å²) < 4.78 is 0. The number of anilines is 1. The van der Waals surface area contributed by atoms with Crippen molar-refractivity contribution in [3.63, 3.8) is 0 Å². The molecule has 1 aliphatic carbocycles. The number of hydrogen-bond donors (Lipinski definition) is 1. The van der Waals surface area contributed by atoms with Crippen molar-refractivity contribution in [3.05, 3.63) is 23.4 Å². The van der Waals surface area contributed by atoms with Crippen LogP contribution in [-0.4, -0.2) is 53.2 Å². The molecule has 2 fully saturated rings. The molecule has 1 saturated carbocycles. The topological polar surface area (TPSA) is 56.7 Å². The van der Waals surface area contributed by atoms with Crippen molar-refractivity contribution in [3.8, 4) is 0 Å². The number of nitrogens with zero attached hydrogens (tertiary/aromatic N) is 3. The first-order valence-corrected chi connectivity index (χ1v) is 7.85. The maximum absolute atomic E-state index is 11.0. The molecule has 0 bridgehead atoms. The van der Waals surface area contributed by atoms with Crippen LogP contribution in [0.5, 0.6) is 0 Å². The number of carboxylic acid groups (broad SMARTS) is 1. The summed E-state index contributed by atoms with van der Waals surface area (Å²) in [6.45, 7) is 5.91. The Hall–Kier alpha value is -1.62. The van der Waals surface area contributed by atoms with Crippen LogP contribution in [0.3, 0.4) is 0 Å². The monoisotopic (exact) mass is 289 g/mol. The zero-order chi connectivity index (χ0) is 14.8. The van der Waals surface area contributed by atoms with E-state index in [0.717, 1.165) is 38.0 Å². The summed E-state index contributed by atoms with van der Waals surface area (Å²) in [7, 11) is 0. The van der Waals surface area contributed by atoms with Crippen molar-refractivity contribution in [2.24, 2.45) is 0 Å². The van der Waals surface area contributed by atoms with E-state index in [1.807, 2.05) is 6.07 Å². The van der Waals surface area contributed by atoms with E-state index < -0.39 is 5.97 Å². The van der Waals surface area contributed by atoms with Crippen molar-refractivity contribution in [2.75, 3.05) is 31.1 Å². The van der Waals surface area contributed by atoms with Crippen LogP contribution in [0.4, 0.5) is 5.82 Å². The summed E-state index contributed by atoms with van der Waals surface area (Å²) in [5, 5.41) is 9.06. The average Bonchev–Trinajstić information content (AvgIpc) is 3.01. The van der Waals surface area contributed by atoms with Gasteiger partial charge in [-0.25, -0.2) is 9.78 Å². The van der Waals surface area contributed by atoms with Gasteiger partial charge in [-0.2, -0.15) is 0 Å². The summed E-state index contributed by atoms with van der Waals surface area (Å²) in [5.41, 5.74) is 0.890. The van der Waals surface area contributed by atoms with Crippen molar-refractivity contribution in [1.82, 2.24) is 9.88 Å². The minimum Gasteiger partial charge on any atom is -0.478 e. The lowest BCUT2D eigenvalue weighted by molar-refractivity contribution is 0.0695. The summed E-state index contributed by atoms with van der Waals surface area (Å²) >= 11 is 0. The van der Waals surface area contributed by atoms with Gasteiger partial charge in [0.25, 0.3) is 0 Å². The molecule has 2 aliphatic rings. The first-order valence-electron chi connectivity index (χ1n) is 7.85. The third-order valence-corrected chi connectivity index (χ3v) is 4.78. The van der Waals surface area contributed by atoms with Crippen molar-refractivity contribution < 1.29 is 9.90 Å². The summed E-state index contributed by atoms with van der Waals surface area (Å²) in [5.74, 6) is 0.00109. The third-order valence-electron chi connectivity index (χ3n) is 4.78. The van der Waals surface area contributed by atoms with Crippen molar-refractivity contribution >= 4 is 11.8 Å². The number of carboxylic acids is 1. The Morgan fingerprint density at radius 1 is 1.19 bits per heavy atom. The normalized spacial score (nSPS) is 20.9. The molecular formula is C16H23N3O2. The fourth-order valence-electron chi connectivity index (χ4n) is 3.54. The molecule has 21 heavy (non-hydrogen) atoms. The van der Waals surface area contributed by atoms with Crippen molar-refractivity contribution in [1.29, 1.82) is 0 Å². The number of carbonyl (C=O) groups is 1. The number of rotatable bonds is 3. The van der Waals surface area contributed by atoms with E-state index in [0.29, 0.717) is 11.3 Å². The Morgan fingerprint density at radius 3 is 2.43 bits per heavy atom. The highest BCUT2D eigenvalue weighted by molar-refractivity contribution is 5.89. The molecule has 3 rings (SSSR count). The van der Waals surface area contributed by atoms with Crippen LogP contribution >= 0.6 is 0 Å². The van der Waals surface area contributed by atoms with Crippen molar-refractivity contribution in [2.45, 2.75) is 38.6 Å². The molecule has 1 aromatic heterocycles. The van der Waals surface area contributed by atoms with Gasteiger partial charge in [-0.15, -0.1) is 0 Å². The number of aromatic nitrogens is 1. The van der Waals surface area contributed by atoms with Crippen LogP contribution in [-0.2, 0) is 0 Å². The van der Waals surface area contributed by atoms with Crippen LogP contribution in [0.15, 0.2) is 12.1 Å². The largest absolute Gasteiger partial charge is 0.478 e. The van der Waals surface area contributed by atoms with E-state index in [1.54, 1.807) is 13.0 Å². The summed E-state index contributed by atoms with van der Waals surface area (Å²) in [6.07, 6.45) is 5.46.